The normalized spacial score (nSPS) is 16.0. The molecular formula is C11H16N2O2. The molecule has 1 aliphatic carbocycles. The molecule has 15 heavy (non-hydrogen) atoms. The second-order valence-corrected chi connectivity index (χ2v) is 4.06. The summed E-state index contributed by atoms with van der Waals surface area (Å²) in [5.74, 6) is 0.521. The first-order valence-electron chi connectivity index (χ1n) is 5.52. The molecule has 0 bridgehead atoms. The van der Waals surface area contributed by atoms with Gasteiger partial charge in [-0.1, -0.05) is 11.6 Å². The maximum atomic E-state index is 11.4. The van der Waals surface area contributed by atoms with Crippen LogP contribution in [0, 0.1) is 5.92 Å². The van der Waals surface area contributed by atoms with Gasteiger partial charge in [-0.05, 0) is 25.7 Å². The first-order chi connectivity index (χ1) is 7.36. The molecule has 1 fully saturated rings. The third-order valence-corrected chi connectivity index (χ3v) is 2.90. The Bertz CT molecular complexity index is 304. The van der Waals surface area contributed by atoms with Crippen molar-refractivity contribution in [3.05, 3.63) is 18.0 Å². The van der Waals surface area contributed by atoms with Crippen molar-refractivity contribution in [2.45, 2.75) is 32.1 Å². The average Bonchev–Trinajstić information content (AvgIpc) is 2.62. The monoisotopic (exact) mass is 208 g/mol. The number of aromatic nitrogens is 1. The van der Waals surface area contributed by atoms with E-state index in [-0.39, 0.29) is 5.91 Å². The third kappa shape index (κ3) is 2.81. The number of amides is 1. The van der Waals surface area contributed by atoms with Gasteiger partial charge in [-0.25, -0.2) is 0 Å². The summed E-state index contributed by atoms with van der Waals surface area (Å²) in [4.78, 5) is 11.4. The lowest BCUT2D eigenvalue weighted by molar-refractivity contribution is -0.127. The predicted molar refractivity (Wildman–Crippen MR) is 55.2 cm³/mol. The molecule has 1 N–H and O–H groups in total. The van der Waals surface area contributed by atoms with Gasteiger partial charge in [0.1, 0.15) is 6.26 Å². The van der Waals surface area contributed by atoms with Crippen LogP contribution in [0.3, 0.4) is 0 Å². The highest BCUT2D eigenvalue weighted by Crippen LogP contribution is 2.26. The number of carbonyl (C=O) groups is 1. The van der Waals surface area contributed by atoms with Crippen molar-refractivity contribution in [1.29, 1.82) is 0 Å². The fourth-order valence-corrected chi connectivity index (χ4v) is 1.67. The van der Waals surface area contributed by atoms with Crippen LogP contribution >= 0.6 is 0 Å². The van der Waals surface area contributed by atoms with Crippen molar-refractivity contribution in [3.8, 4) is 0 Å². The van der Waals surface area contributed by atoms with E-state index in [0.29, 0.717) is 5.92 Å². The van der Waals surface area contributed by atoms with Crippen LogP contribution in [0.4, 0.5) is 0 Å². The number of carbonyl (C=O) groups excluding carboxylic acids is 1. The van der Waals surface area contributed by atoms with Crippen LogP contribution in [0.1, 0.15) is 31.2 Å². The lowest BCUT2D eigenvalue weighted by Crippen LogP contribution is -2.35. The summed E-state index contributed by atoms with van der Waals surface area (Å²) in [6.07, 6.45) is 8.56. The first-order valence-corrected chi connectivity index (χ1v) is 5.52. The largest absolute Gasteiger partial charge is 0.364 e. The van der Waals surface area contributed by atoms with E-state index in [2.05, 4.69) is 10.5 Å². The standard InChI is InChI=1S/C11H16N2O2/c14-11(10-4-1-5-10)12-6-2-3-9-7-13-15-8-9/h7-8,10H,1-6H2,(H,12,14). The van der Waals surface area contributed by atoms with Crippen LogP contribution in [-0.2, 0) is 11.2 Å². The molecule has 0 atom stereocenters. The molecule has 4 heteroatoms. The Hall–Kier alpha value is -1.32. The van der Waals surface area contributed by atoms with Crippen molar-refractivity contribution in [2.24, 2.45) is 5.92 Å². The number of hydrogen-bond donors (Lipinski definition) is 1. The van der Waals surface area contributed by atoms with Crippen LogP contribution in [0.2, 0.25) is 0 Å². The number of rotatable bonds is 5. The van der Waals surface area contributed by atoms with Crippen molar-refractivity contribution in [2.75, 3.05) is 6.54 Å². The lowest BCUT2D eigenvalue weighted by Gasteiger charge is -2.23. The van der Waals surface area contributed by atoms with E-state index in [9.17, 15) is 4.79 Å². The molecule has 0 unspecified atom stereocenters. The maximum absolute atomic E-state index is 11.4. The summed E-state index contributed by atoms with van der Waals surface area (Å²) < 4.78 is 4.72. The van der Waals surface area contributed by atoms with Gasteiger partial charge in [-0.2, -0.15) is 0 Å². The van der Waals surface area contributed by atoms with Crippen LogP contribution in [-0.4, -0.2) is 17.6 Å². The summed E-state index contributed by atoms with van der Waals surface area (Å²) in [6.45, 7) is 0.751. The minimum absolute atomic E-state index is 0.228. The average molecular weight is 208 g/mol. The van der Waals surface area contributed by atoms with Gasteiger partial charge < -0.3 is 9.84 Å². The molecule has 0 spiro atoms. The van der Waals surface area contributed by atoms with Gasteiger partial charge in [0.25, 0.3) is 0 Å². The summed E-state index contributed by atoms with van der Waals surface area (Å²) in [5.41, 5.74) is 1.09. The van der Waals surface area contributed by atoms with Crippen LogP contribution in [0.25, 0.3) is 0 Å². The van der Waals surface area contributed by atoms with Gasteiger partial charge in [-0.15, -0.1) is 0 Å². The zero-order valence-corrected chi connectivity index (χ0v) is 8.74. The van der Waals surface area contributed by atoms with E-state index in [0.717, 1.165) is 37.8 Å². The minimum Gasteiger partial charge on any atom is -0.364 e. The number of hydrogen-bond acceptors (Lipinski definition) is 3. The Balaban J connectivity index is 1.56. The van der Waals surface area contributed by atoms with E-state index in [4.69, 9.17) is 4.52 Å². The Morgan fingerprint density at radius 3 is 3.07 bits per heavy atom. The summed E-state index contributed by atoms with van der Waals surface area (Å²) in [7, 11) is 0. The minimum atomic E-state index is 0.228. The summed E-state index contributed by atoms with van der Waals surface area (Å²) >= 11 is 0. The van der Waals surface area contributed by atoms with Crippen LogP contribution in [0.15, 0.2) is 17.0 Å². The quantitative estimate of drug-likeness (QED) is 0.746. The highest BCUT2D eigenvalue weighted by molar-refractivity contribution is 5.79. The topological polar surface area (TPSA) is 55.1 Å². The summed E-state index contributed by atoms with van der Waals surface area (Å²) in [6, 6.07) is 0. The number of nitrogens with zero attached hydrogens (tertiary/aromatic N) is 1. The molecule has 4 nitrogen and oxygen atoms in total. The second kappa shape index (κ2) is 4.96. The zero-order valence-electron chi connectivity index (χ0n) is 8.74. The zero-order chi connectivity index (χ0) is 10.5. The first kappa shape index (κ1) is 10.2. The van der Waals surface area contributed by atoms with Crippen molar-refractivity contribution in [1.82, 2.24) is 10.5 Å². The summed E-state index contributed by atoms with van der Waals surface area (Å²) in [5, 5.41) is 6.58. The Morgan fingerprint density at radius 2 is 2.47 bits per heavy atom. The van der Waals surface area contributed by atoms with Crippen molar-refractivity contribution in [3.63, 3.8) is 0 Å². The highest BCUT2D eigenvalue weighted by atomic mass is 16.5. The molecule has 82 valence electrons. The maximum Gasteiger partial charge on any atom is 0.223 e. The van der Waals surface area contributed by atoms with Crippen LogP contribution in [0.5, 0.6) is 0 Å². The molecule has 1 heterocycles. The molecular weight excluding hydrogens is 192 g/mol. The molecule has 0 radical (unpaired) electrons. The predicted octanol–water partition coefficient (Wildman–Crippen LogP) is 1.52. The second-order valence-electron chi connectivity index (χ2n) is 4.06. The van der Waals surface area contributed by atoms with Crippen molar-refractivity contribution >= 4 is 5.91 Å². The molecule has 0 saturated heterocycles. The molecule has 0 aliphatic heterocycles. The van der Waals surface area contributed by atoms with Gasteiger partial charge in [-0.3, -0.25) is 4.79 Å². The third-order valence-electron chi connectivity index (χ3n) is 2.90. The van der Waals surface area contributed by atoms with Gasteiger partial charge in [0.2, 0.25) is 5.91 Å². The lowest BCUT2D eigenvalue weighted by atomic mass is 9.85. The molecule has 1 aromatic heterocycles. The van der Waals surface area contributed by atoms with Crippen molar-refractivity contribution < 1.29 is 9.32 Å². The van der Waals surface area contributed by atoms with E-state index in [1.807, 2.05) is 0 Å². The van der Waals surface area contributed by atoms with Crippen LogP contribution < -0.4 is 5.32 Å². The SMILES string of the molecule is O=C(NCCCc1cnoc1)C1CCC1. The highest BCUT2D eigenvalue weighted by Gasteiger charge is 2.24. The number of aryl methyl sites for hydroxylation is 1. The molecule has 2 rings (SSSR count). The van der Waals surface area contributed by atoms with Gasteiger partial charge in [0, 0.05) is 18.0 Å². The Labute approximate surface area is 89.0 Å². The van der Waals surface area contributed by atoms with E-state index < -0.39 is 0 Å². The van der Waals surface area contributed by atoms with Gasteiger partial charge in [0.15, 0.2) is 0 Å². The molecule has 1 aliphatic rings. The van der Waals surface area contributed by atoms with E-state index >= 15 is 0 Å². The van der Waals surface area contributed by atoms with Gasteiger partial charge >= 0.3 is 0 Å². The molecule has 0 aromatic carbocycles. The number of nitrogens with one attached hydrogen (secondary N) is 1. The smallest absolute Gasteiger partial charge is 0.223 e. The molecule has 1 aromatic rings. The Morgan fingerprint density at radius 1 is 1.60 bits per heavy atom. The fourth-order valence-electron chi connectivity index (χ4n) is 1.67. The van der Waals surface area contributed by atoms with E-state index in [1.165, 1.54) is 6.42 Å². The Kier molecular flexibility index (Phi) is 3.37. The molecule has 1 saturated carbocycles. The fraction of sp³-hybridized carbons (Fsp3) is 0.636. The van der Waals surface area contributed by atoms with Gasteiger partial charge in [0.05, 0.1) is 6.20 Å². The van der Waals surface area contributed by atoms with E-state index in [1.54, 1.807) is 12.5 Å². The molecule has 1 amide bonds.